The summed E-state index contributed by atoms with van der Waals surface area (Å²) in [6.45, 7) is 1.56. The Labute approximate surface area is 193 Å². The molecule has 0 aliphatic rings. The molecule has 0 saturated carbocycles. The molecule has 0 saturated heterocycles. The third-order valence-corrected chi connectivity index (χ3v) is 4.69. The fourth-order valence-electron chi connectivity index (χ4n) is 2.97. The molecular weight excluding hydrogens is 457 g/mol. The molecule has 9 heteroatoms. The zero-order valence-electron chi connectivity index (χ0n) is 17.4. The van der Waals surface area contributed by atoms with Crippen molar-refractivity contribution in [3.8, 4) is 0 Å². The Morgan fingerprint density at radius 1 is 1.03 bits per heavy atom. The minimum atomic E-state index is -3.67. The van der Waals surface area contributed by atoms with Crippen LogP contribution in [0.5, 0.6) is 0 Å². The number of rotatable bonds is 7. The Bertz CT molecular complexity index is 1110. The highest BCUT2D eigenvalue weighted by Gasteiger charge is 2.07. The van der Waals surface area contributed by atoms with Crippen molar-refractivity contribution in [1.29, 1.82) is 0 Å². The van der Waals surface area contributed by atoms with Crippen molar-refractivity contribution in [2.24, 2.45) is 12.0 Å². The molecular formula is C22H26Cl2N3O3S+. The van der Waals surface area contributed by atoms with E-state index in [1.165, 1.54) is 10.9 Å². The summed E-state index contributed by atoms with van der Waals surface area (Å²) in [6.07, 6.45) is 4.70. The van der Waals surface area contributed by atoms with Gasteiger partial charge in [-0.1, -0.05) is 12.1 Å². The molecule has 166 valence electrons. The van der Waals surface area contributed by atoms with Crippen LogP contribution in [0.3, 0.4) is 0 Å². The van der Waals surface area contributed by atoms with E-state index in [9.17, 15) is 8.42 Å². The summed E-state index contributed by atoms with van der Waals surface area (Å²) in [6, 6.07) is 18.6. The molecule has 1 N–H and O–H groups in total. The van der Waals surface area contributed by atoms with Crippen LogP contribution in [0.4, 0.5) is 11.4 Å². The van der Waals surface area contributed by atoms with E-state index < -0.39 is 10.1 Å². The van der Waals surface area contributed by atoms with Crippen LogP contribution in [-0.4, -0.2) is 50.3 Å². The first-order valence-electron chi connectivity index (χ1n) is 9.53. The summed E-state index contributed by atoms with van der Waals surface area (Å²) in [5.41, 5.74) is 4.32. The first-order chi connectivity index (χ1) is 14.7. The number of benzene rings is 2. The number of aliphatic imine (C=N–C) groups is 1. The van der Waals surface area contributed by atoms with E-state index in [1.54, 1.807) is 0 Å². The number of halogens is 2. The van der Waals surface area contributed by atoms with Gasteiger partial charge in [0.05, 0.1) is 17.3 Å². The summed E-state index contributed by atoms with van der Waals surface area (Å²) in [4.78, 5) is 6.82. The molecule has 0 spiro atoms. The van der Waals surface area contributed by atoms with Gasteiger partial charge in [-0.15, -0.1) is 23.2 Å². The van der Waals surface area contributed by atoms with Crippen molar-refractivity contribution in [3.05, 3.63) is 66.4 Å². The lowest BCUT2D eigenvalue weighted by Crippen LogP contribution is -2.28. The van der Waals surface area contributed by atoms with E-state index in [0.29, 0.717) is 18.0 Å². The molecule has 0 aliphatic carbocycles. The largest absolute Gasteiger partial charge is 0.369 e. The molecule has 0 bridgehead atoms. The van der Waals surface area contributed by atoms with Gasteiger partial charge in [0, 0.05) is 54.4 Å². The van der Waals surface area contributed by atoms with Crippen molar-refractivity contribution in [2.45, 2.75) is 0 Å². The van der Waals surface area contributed by atoms with Gasteiger partial charge < -0.3 is 4.90 Å². The minimum absolute atomic E-state index is 0.579. The number of alkyl halides is 2. The summed E-state index contributed by atoms with van der Waals surface area (Å²) < 4.78 is 28.0. The number of hydrogen-bond acceptors (Lipinski definition) is 4. The van der Waals surface area contributed by atoms with Gasteiger partial charge in [0.2, 0.25) is 5.52 Å². The zero-order chi connectivity index (χ0) is 22.9. The molecule has 0 amide bonds. The molecule has 3 rings (SSSR count). The van der Waals surface area contributed by atoms with E-state index in [1.807, 2.05) is 18.3 Å². The van der Waals surface area contributed by atoms with Crippen molar-refractivity contribution >= 4 is 61.8 Å². The predicted molar refractivity (Wildman–Crippen MR) is 130 cm³/mol. The number of anilines is 1. The molecule has 0 unspecified atom stereocenters. The molecule has 6 nitrogen and oxygen atoms in total. The Kier molecular flexibility index (Phi) is 9.71. The molecule has 1 aromatic heterocycles. The van der Waals surface area contributed by atoms with Crippen LogP contribution in [0, 0.1) is 0 Å². The fourth-order valence-corrected chi connectivity index (χ4v) is 3.38. The molecule has 31 heavy (non-hydrogen) atoms. The zero-order valence-corrected chi connectivity index (χ0v) is 19.8. The molecule has 0 fully saturated rings. The van der Waals surface area contributed by atoms with Crippen molar-refractivity contribution in [1.82, 2.24) is 0 Å². The van der Waals surface area contributed by atoms with E-state index in [-0.39, 0.29) is 0 Å². The monoisotopic (exact) mass is 482 g/mol. The summed E-state index contributed by atoms with van der Waals surface area (Å²) in [5.74, 6) is 1.16. The normalized spacial score (nSPS) is 11.4. The third kappa shape index (κ3) is 8.45. The second kappa shape index (κ2) is 12.0. The molecule has 2 aromatic carbocycles. The fraction of sp³-hybridized carbons (Fsp3) is 0.273. The average Bonchev–Trinajstić information content (AvgIpc) is 2.73. The number of pyridine rings is 1. The van der Waals surface area contributed by atoms with Crippen molar-refractivity contribution < 1.29 is 17.5 Å². The van der Waals surface area contributed by atoms with Gasteiger partial charge in [-0.3, -0.25) is 9.55 Å². The van der Waals surface area contributed by atoms with E-state index in [4.69, 9.17) is 27.8 Å². The van der Waals surface area contributed by atoms with Crippen LogP contribution >= 0.6 is 23.2 Å². The lowest BCUT2D eigenvalue weighted by molar-refractivity contribution is -0.644. The lowest BCUT2D eigenvalue weighted by atomic mass is 10.1. The van der Waals surface area contributed by atoms with E-state index in [2.05, 4.69) is 70.2 Å². The van der Waals surface area contributed by atoms with Crippen LogP contribution in [0.2, 0.25) is 0 Å². The quantitative estimate of drug-likeness (QED) is 0.237. The average molecular weight is 483 g/mol. The van der Waals surface area contributed by atoms with Gasteiger partial charge in [0.1, 0.15) is 7.05 Å². The highest BCUT2D eigenvalue weighted by Crippen LogP contribution is 2.21. The van der Waals surface area contributed by atoms with Gasteiger partial charge in [-0.25, -0.2) is 4.57 Å². The second-order valence-corrected chi connectivity index (χ2v) is 8.99. The number of nitrogens with zero attached hydrogens (tertiary/aromatic N) is 3. The SMILES string of the molecule is CS(=O)(=O)O.C[n+]1ccc(C=Nc2ccc(N(CCCl)CCCl)cc2)c2ccccc21. The Balaban J connectivity index is 0.000000614. The van der Waals surface area contributed by atoms with Gasteiger partial charge >= 0.3 is 0 Å². The first kappa shape index (κ1) is 25.1. The van der Waals surface area contributed by atoms with Crippen LogP contribution in [0.25, 0.3) is 10.9 Å². The minimum Gasteiger partial charge on any atom is -0.369 e. The Morgan fingerprint density at radius 3 is 2.19 bits per heavy atom. The van der Waals surface area contributed by atoms with Crippen molar-refractivity contribution in [2.75, 3.05) is 36.0 Å². The van der Waals surface area contributed by atoms with Gasteiger partial charge in [0.15, 0.2) is 6.20 Å². The second-order valence-electron chi connectivity index (χ2n) is 6.77. The molecule has 1 heterocycles. The maximum atomic E-state index is 9.19. The van der Waals surface area contributed by atoms with Crippen molar-refractivity contribution in [3.63, 3.8) is 0 Å². The maximum absolute atomic E-state index is 9.19. The highest BCUT2D eigenvalue weighted by atomic mass is 35.5. The molecule has 0 aliphatic heterocycles. The van der Waals surface area contributed by atoms with E-state index >= 15 is 0 Å². The maximum Gasteiger partial charge on any atom is 0.261 e. The third-order valence-electron chi connectivity index (χ3n) is 4.35. The van der Waals surface area contributed by atoms with Crippen LogP contribution in [0.15, 0.2) is 65.8 Å². The number of aryl methyl sites for hydroxylation is 1. The number of fused-ring (bicyclic) bond motifs is 1. The topological polar surface area (TPSA) is 73.9 Å². The molecule has 0 radical (unpaired) electrons. The predicted octanol–water partition coefficient (Wildman–Crippen LogP) is 4.20. The number of hydrogen-bond donors (Lipinski definition) is 1. The summed E-state index contributed by atoms with van der Waals surface area (Å²) in [5, 5.41) is 1.19. The smallest absolute Gasteiger partial charge is 0.261 e. The van der Waals surface area contributed by atoms with Crippen LogP contribution < -0.4 is 9.47 Å². The van der Waals surface area contributed by atoms with Crippen LogP contribution in [0.1, 0.15) is 5.56 Å². The van der Waals surface area contributed by atoms with Gasteiger partial charge in [-0.05, 0) is 30.3 Å². The lowest BCUT2D eigenvalue weighted by Gasteiger charge is -2.22. The van der Waals surface area contributed by atoms with Crippen LogP contribution in [-0.2, 0) is 17.2 Å². The number of aromatic nitrogens is 1. The summed E-state index contributed by atoms with van der Waals surface area (Å²) >= 11 is 11.8. The van der Waals surface area contributed by atoms with Gasteiger partial charge in [0.25, 0.3) is 10.1 Å². The Morgan fingerprint density at radius 2 is 1.61 bits per heavy atom. The van der Waals surface area contributed by atoms with Gasteiger partial charge in [-0.2, -0.15) is 8.42 Å². The number of para-hydroxylation sites is 1. The first-order valence-corrected chi connectivity index (χ1v) is 12.5. The molecule has 3 aromatic rings. The van der Waals surface area contributed by atoms with E-state index in [0.717, 1.165) is 30.0 Å². The summed E-state index contributed by atoms with van der Waals surface area (Å²) in [7, 11) is -1.62. The Hall–Kier alpha value is -2.19. The molecule has 0 atom stereocenters. The highest BCUT2D eigenvalue weighted by molar-refractivity contribution is 7.85. The standard InChI is InChI=1S/C21H22Cl2N3.CH4O3S/c1-25-13-10-17(20-4-2-3-5-21(20)25)16-24-18-6-8-19(9-7-18)26(14-11-22)15-12-23;1-5(2,3)4/h2-10,13,16H,11-12,14-15H2,1H3;1H3,(H,2,3,4)/q+1;.